The molecule has 2 amide bonds. The van der Waals surface area contributed by atoms with Crippen LogP contribution in [0.25, 0.3) is 0 Å². The van der Waals surface area contributed by atoms with Crippen LogP contribution in [-0.2, 0) is 14.3 Å². The molecule has 1 rings (SSSR count). The van der Waals surface area contributed by atoms with E-state index in [9.17, 15) is 9.59 Å². The lowest BCUT2D eigenvalue weighted by atomic mass is 10.0. The van der Waals surface area contributed by atoms with Crippen molar-refractivity contribution in [1.29, 1.82) is 0 Å². The maximum Gasteiger partial charge on any atom is 0.254 e. The van der Waals surface area contributed by atoms with Gasteiger partial charge in [-0.15, -0.1) is 0 Å². The molecule has 1 atom stereocenters. The largest absolute Gasteiger partial charge is 0.366 e. The highest BCUT2D eigenvalue weighted by Gasteiger charge is 2.36. The fraction of sp³-hybridized carbons (Fsp3) is 0.846. The van der Waals surface area contributed by atoms with Crippen molar-refractivity contribution < 1.29 is 14.3 Å². The number of likely N-dealkylation sites (tertiary alicyclic amines) is 1. The first-order chi connectivity index (χ1) is 8.40. The van der Waals surface area contributed by atoms with E-state index in [0.29, 0.717) is 19.6 Å². The summed E-state index contributed by atoms with van der Waals surface area (Å²) in [4.78, 5) is 25.4. The second-order valence-electron chi connectivity index (χ2n) is 5.23. The van der Waals surface area contributed by atoms with E-state index < -0.39 is 5.60 Å². The van der Waals surface area contributed by atoms with Crippen molar-refractivity contribution in [3.05, 3.63) is 0 Å². The maximum absolute atomic E-state index is 12.3. The fourth-order valence-corrected chi connectivity index (χ4v) is 2.35. The minimum Gasteiger partial charge on any atom is -0.366 e. The normalized spacial score (nSPS) is 20.0. The minimum absolute atomic E-state index is 0.0174. The Bertz CT molecular complexity index is 315. The van der Waals surface area contributed by atoms with Crippen LogP contribution in [0.5, 0.6) is 0 Å². The Labute approximate surface area is 109 Å². The van der Waals surface area contributed by atoms with E-state index in [1.54, 1.807) is 20.9 Å². The molecule has 1 aliphatic heterocycles. The third-order valence-electron chi connectivity index (χ3n) is 3.35. The summed E-state index contributed by atoms with van der Waals surface area (Å²) in [5.74, 6) is 0.327. The van der Waals surface area contributed by atoms with Crippen LogP contribution in [0.2, 0.25) is 0 Å². The fourth-order valence-electron chi connectivity index (χ4n) is 2.35. The van der Waals surface area contributed by atoms with Crippen molar-refractivity contribution in [1.82, 2.24) is 10.2 Å². The van der Waals surface area contributed by atoms with E-state index in [1.807, 2.05) is 11.8 Å². The van der Waals surface area contributed by atoms with Gasteiger partial charge in [-0.2, -0.15) is 0 Å². The van der Waals surface area contributed by atoms with E-state index in [1.165, 1.54) is 0 Å². The molecule has 1 fully saturated rings. The topological polar surface area (TPSA) is 58.6 Å². The molecule has 5 heteroatoms. The number of hydrogen-bond donors (Lipinski definition) is 1. The number of ether oxygens (including phenoxy) is 1. The number of hydrogen-bond acceptors (Lipinski definition) is 3. The average molecular weight is 256 g/mol. The van der Waals surface area contributed by atoms with Gasteiger partial charge in [0.15, 0.2) is 0 Å². The van der Waals surface area contributed by atoms with Crippen LogP contribution in [-0.4, -0.2) is 49.1 Å². The van der Waals surface area contributed by atoms with E-state index in [2.05, 4.69) is 5.32 Å². The van der Waals surface area contributed by atoms with Gasteiger partial charge in [0.05, 0.1) is 0 Å². The van der Waals surface area contributed by atoms with Gasteiger partial charge >= 0.3 is 0 Å². The number of rotatable bonds is 5. The zero-order valence-electron chi connectivity index (χ0n) is 11.8. The van der Waals surface area contributed by atoms with Crippen molar-refractivity contribution in [3.63, 3.8) is 0 Å². The van der Waals surface area contributed by atoms with Crippen molar-refractivity contribution in [3.8, 4) is 0 Å². The van der Waals surface area contributed by atoms with Gasteiger partial charge in [-0.1, -0.05) is 0 Å². The molecule has 0 aromatic carbocycles. The van der Waals surface area contributed by atoms with Crippen LogP contribution >= 0.6 is 0 Å². The number of nitrogens with one attached hydrogen (secondary N) is 1. The molecule has 0 aliphatic carbocycles. The molecule has 0 bridgehead atoms. The van der Waals surface area contributed by atoms with Crippen LogP contribution in [0.15, 0.2) is 0 Å². The van der Waals surface area contributed by atoms with Crippen LogP contribution in [0, 0.1) is 5.92 Å². The Balaban J connectivity index is 2.51. The predicted molar refractivity (Wildman–Crippen MR) is 69.1 cm³/mol. The monoisotopic (exact) mass is 256 g/mol. The summed E-state index contributed by atoms with van der Waals surface area (Å²) in [6.45, 7) is 7.37. The third kappa shape index (κ3) is 3.70. The molecule has 5 nitrogen and oxygen atoms in total. The first-order valence-electron chi connectivity index (χ1n) is 6.54. The first-order valence-corrected chi connectivity index (χ1v) is 6.54. The minimum atomic E-state index is -0.767. The van der Waals surface area contributed by atoms with Gasteiger partial charge < -0.3 is 15.0 Å². The predicted octanol–water partition coefficient (Wildman–Crippen LogP) is 0.786. The highest BCUT2D eigenvalue weighted by atomic mass is 16.5. The number of nitrogens with zero attached hydrogens (tertiary/aromatic N) is 1. The van der Waals surface area contributed by atoms with E-state index in [4.69, 9.17) is 4.74 Å². The van der Waals surface area contributed by atoms with Gasteiger partial charge in [-0.25, -0.2) is 0 Å². The van der Waals surface area contributed by atoms with Gasteiger partial charge in [0.25, 0.3) is 5.91 Å². The Morgan fingerprint density at radius 1 is 1.44 bits per heavy atom. The maximum atomic E-state index is 12.3. The lowest BCUT2D eigenvalue weighted by molar-refractivity contribution is -0.152. The van der Waals surface area contributed by atoms with Crippen molar-refractivity contribution in [2.24, 2.45) is 5.92 Å². The van der Waals surface area contributed by atoms with Gasteiger partial charge in [0, 0.05) is 33.2 Å². The molecule has 1 aliphatic rings. The number of amides is 2. The third-order valence-corrected chi connectivity index (χ3v) is 3.35. The Morgan fingerprint density at radius 3 is 2.67 bits per heavy atom. The highest BCUT2D eigenvalue weighted by Crippen LogP contribution is 2.23. The second kappa shape index (κ2) is 6.18. The van der Waals surface area contributed by atoms with Crippen LogP contribution in [0.4, 0.5) is 0 Å². The molecule has 0 radical (unpaired) electrons. The molecule has 1 saturated heterocycles. The van der Waals surface area contributed by atoms with E-state index in [-0.39, 0.29) is 17.7 Å². The Morgan fingerprint density at radius 2 is 2.11 bits per heavy atom. The smallest absolute Gasteiger partial charge is 0.254 e. The number of carbonyl (C=O) groups excluding carboxylic acids is 2. The van der Waals surface area contributed by atoms with Crippen LogP contribution in [0.3, 0.4) is 0 Å². The summed E-state index contributed by atoms with van der Waals surface area (Å²) in [6, 6.07) is 0. The van der Waals surface area contributed by atoms with Crippen molar-refractivity contribution in [2.75, 3.05) is 26.7 Å². The summed E-state index contributed by atoms with van der Waals surface area (Å²) < 4.78 is 5.47. The summed E-state index contributed by atoms with van der Waals surface area (Å²) >= 11 is 0. The molecule has 0 unspecified atom stereocenters. The van der Waals surface area contributed by atoms with E-state index in [0.717, 1.165) is 13.0 Å². The molecule has 0 aromatic heterocycles. The summed E-state index contributed by atoms with van der Waals surface area (Å²) in [7, 11) is 1.64. The van der Waals surface area contributed by atoms with Crippen molar-refractivity contribution in [2.45, 2.75) is 39.2 Å². The van der Waals surface area contributed by atoms with Gasteiger partial charge in [-0.3, -0.25) is 9.59 Å². The molecule has 0 spiro atoms. The quantitative estimate of drug-likeness (QED) is 0.791. The van der Waals surface area contributed by atoms with E-state index >= 15 is 0 Å². The molecular formula is C13H24N2O3. The second-order valence-corrected chi connectivity index (χ2v) is 5.23. The molecule has 0 saturated carbocycles. The summed E-state index contributed by atoms with van der Waals surface area (Å²) in [5.41, 5.74) is -0.767. The Kier molecular flexibility index (Phi) is 5.14. The summed E-state index contributed by atoms with van der Waals surface area (Å²) in [6.07, 6.45) is 1.39. The average Bonchev–Trinajstić information content (AvgIpc) is 2.76. The zero-order valence-corrected chi connectivity index (χ0v) is 11.8. The lowest BCUT2D eigenvalue weighted by Gasteiger charge is -2.29. The number of carbonyl (C=O) groups is 2. The molecule has 0 aromatic rings. The molecule has 1 heterocycles. The van der Waals surface area contributed by atoms with Gasteiger partial charge in [-0.05, 0) is 33.1 Å². The molecule has 1 N–H and O–H groups in total. The Hall–Kier alpha value is -1.10. The van der Waals surface area contributed by atoms with Gasteiger partial charge in [0.1, 0.15) is 5.60 Å². The van der Waals surface area contributed by atoms with Crippen molar-refractivity contribution >= 4 is 11.8 Å². The first kappa shape index (κ1) is 15.0. The van der Waals surface area contributed by atoms with Crippen LogP contribution in [0.1, 0.15) is 33.6 Å². The molecule has 104 valence electrons. The van der Waals surface area contributed by atoms with Gasteiger partial charge in [0.2, 0.25) is 5.91 Å². The standard InChI is InChI=1S/C13H24N2O3/c1-5-18-13(2,3)12(17)15-7-6-10(9-15)8-11(16)14-4/h10H,5-9H2,1-4H3,(H,14,16)/t10-/m0/s1. The lowest BCUT2D eigenvalue weighted by Crippen LogP contribution is -2.46. The molecule has 18 heavy (non-hydrogen) atoms. The summed E-state index contributed by atoms with van der Waals surface area (Å²) in [5, 5.41) is 2.62. The SMILES string of the molecule is CCOC(C)(C)C(=O)N1CC[C@@H](CC(=O)NC)C1. The van der Waals surface area contributed by atoms with Crippen LogP contribution < -0.4 is 5.32 Å². The zero-order chi connectivity index (χ0) is 13.8. The molecular weight excluding hydrogens is 232 g/mol. The highest BCUT2D eigenvalue weighted by molar-refractivity contribution is 5.84.